The Bertz CT molecular complexity index is 438. The van der Waals surface area contributed by atoms with Gasteiger partial charge in [-0.1, -0.05) is 17.3 Å². The first-order valence-electron chi connectivity index (χ1n) is 4.14. The number of halogens is 1. The molecule has 1 aromatic carbocycles. The lowest BCUT2D eigenvalue weighted by Gasteiger charge is -2.02. The van der Waals surface area contributed by atoms with Crippen LogP contribution in [0.1, 0.15) is 5.56 Å². The Hall–Kier alpha value is -1.11. The van der Waals surface area contributed by atoms with Crippen molar-refractivity contribution in [3.63, 3.8) is 0 Å². The van der Waals surface area contributed by atoms with Gasteiger partial charge in [-0.2, -0.15) is 0 Å². The molecule has 72 valence electrons. The maximum Gasteiger partial charge on any atom is 0.120 e. The first-order valence-corrected chi connectivity index (χ1v) is 5.22. The SMILES string of the molecule is Nc1cccc(Cn2nncc2I)c1. The number of anilines is 1. The van der Waals surface area contributed by atoms with E-state index < -0.39 is 0 Å². The topological polar surface area (TPSA) is 56.7 Å². The van der Waals surface area contributed by atoms with Crippen LogP contribution in [-0.4, -0.2) is 15.0 Å². The molecule has 4 nitrogen and oxygen atoms in total. The fraction of sp³-hybridized carbons (Fsp3) is 0.111. The van der Waals surface area contributed by atoms with E-state index in [-0.39, 0.29) is 0 Å². The maximum absolute atomic E-state index is 5.68. The fourth-order valence-corrected chi connectivity index (χ4v) is 1.61. The van der Waals surface area contributed by atoms with Crippen molar-refractivity contribution in [3.05, 3.63) is 39.7 Å². The second kappa shape index (κ2) is 3.95. The monoisotopic (exact) mass is 300 g/mol. The zero-order valence-electron chi connectivity index (χ0n) is 7.39. The third kappa shape index (κ3) is 2.03. The van der Waals surface area contributed by atoms with E-state index in [1.807, 2.05) is 28.9 Å². The molecule has 0 bridgehead atoms. The summed E-state index contributed by atoms with van der Waals surface area (Å²) in [7, 11) is 0. The number of nitrogens with zero attached hydrogens (tertiary/aromatic N) is 3. The Balaban J connectivity index is 2.23. The molecule has 0 saturated heterocycles. The number of hydrogen-bond donors (Lipinski definition) is 1. The summed E-state index contributed by atoms with van der Waals surface area (Å²) in [6.07, 6.45) is 1.73. The summed E-state index contributed by atoms with van der Waals surface area (Å²) in [6, 6.07) is 7.77. The van der Waals surface area contributed by atoms with Crippen molar-refractivity contribution in [3.8, 4) is 0 Å². The van der Waals surface area contributed by atoms with E-state index in [1.165, 1.54) is 0 Å². The lowest BCUT2D eigenvalue weighted by Crippen LogP contribution is -2.04. The zero-order chi connectivity index (χ0) is 9.97. The normalized spacial score (nSPS) is 10.4. The van der Waals surface area contributed by atoms with Crippen LogP contribution in [0.15, 0.2) is 30.5 Å². The maximum atomic E-state index is 5.68. The van der Waals surface area contributed by atoms with E-state index in [2.05, 4.69) is 32.9 Å². The molecule has 1 aromatic heterocycles. The van der Waals surface area contributed by atoms with Crippen LogP contribution in [0.5, 0.6) is 0 Å². The molecule has 0 aliphatic heterocycles. The van der Waals surface area contributed by atoms with Crippen molar-refractivity contribution in [1.29, 1.82) is 0 Å². The van der Waals surface area contributed by atoms with Crippen molar-refractivity contribution in [2.75, 3.05) is 5.73 Å². The van der Waals surface area contributed by atoms with Crippen LogP contribution in [0.4, 0.5) is 5.69 Å². The van der Waals surface area contributed by atoms with Gasteiger partial charge in [-0.15, -0.1) is 5.10 Å². The second-order valence-electron chi connectivity index (χ2n) is 2.96. The molecule has 14 heavy (non-hydrogen) atoms. The van der Waals surface area contributed by atoms with Gasteiger partial charge in [0.25, 0.3) is 0 Å². The highest BCUT2D eigenvalue weighted by Gasteiger charge is 2.00. The van der Waals surface area contributed by atoms with Crippen molar-refractivity contribution in [2.24, 2.45) is 0 Å². The van der Waals surface area contributed by atoms with Crippen LogP contribution in [0.2, 0.25) is 0 Å². The predicted octanol–water partition coefficient (Wildman–Crippen LogP) is 1.51. The van der Waals surface area contributed by atoms with Crippen LogP contribution in [0.3, 0.4) is 0 Å². The molecule has 2 N–H and O–H groups in total. The van der Waals surface area contributed by atoms with E-state index >= 15 is 0 Å². The molecule has 2 aromatic rings. The number of aromatic nitrogens is 3. The first kappa shape index (κ1) is 9.45. The Morgan fingerprint density at radius 2 is 2.29 bits per heavy atom. The molecule has 0 spiro atoms. The molecule has 0 aliphatic carbocycles. The molecule has 5 heteroatoms. The summed E-state index contributed by atoms with van der Waals surface area (Å²) in [6.45, 7) is 0.712. The van der Waals surface area contributed by atoms with Gasteiger partial charge in [0.2, 0.25) is 0 Å². The van der Waals surface area contributed by atoms with E-state index in [9.17, 15) is 0 Å². The Kier molecular flexibility index (Phi) is 2.67. The quantitative estimate of drug-likeness (QED) is 0.675. The van der Waals surface area contributed by atoms with E-state index in [0.717, 1.165) is 15.0 Å². The molecule has 0 fully saturated rings. The van der Waals surface area contributed by atoms with Crippen molar-refractivity contribution < 1.29 is 0 Å². The smallest absolute Gasteiger partial charge is 0.120 e. The highest BCUT2D eigenvalue weighted by molar-refractivity contribution is 14.1. The standard InChI is InChI=1S/C9H9IN4/c10-9-5-12-13-14(9)6-7-2-1-3-8(11)4-7/h1-5H,6,11H2. The molecule has 1 heterocycles. The zero-order valence-corrected chi connectivity index (χ0v) is 9.55. The average Bonchev–Trinajstić information content (AvgIpc) is 2.52. The molecular weight excluding hydrogens is 291 g/mol. The van der Waals surface area contributed by atoms with Gasteiger partial charge in [-0.05, 0) is 40.3 Å². The van der Waals surface area contributed by atoms with E-state index in [0.29, 0.717) is 6.54 Å². The van der Waals surface area contributed by atoms with Crippen LogP contribution >= 0.6 is 22.6 Å². The number of hydrogen-bond acceptors (Lipinski definition) is 3. The van der Waals surface area contributed by atoms with Crippen molar-refractivity contribution in [1.82, 2.24) is 15.0 Å². The molecule has 2 rings (SSSR count). The molecule has 0 unspecified atom stereocenters. The molecule has 0 saturated carbocycles. The van der Waals surface area contributed by atoms with Crippen molar-refractivity contribution in [2.45, 2.75) is 6.54 Å². The van der Waals surface area contributed by atoms with Gasteiger partial charge >= 0.3 is 0 Å². The van der Waals surface area contributed by atoms with Gasteiger partial charge in [0.1, 0.15) is 3.70 Å². The van der Waals surface area contributed by atoms with Gasteiger partial charge in [0.15, 0.2) is 0 Å². The number of nitrogen functional groups attached to an aromatic ring is 1. The van der Waals surface area contributed by atoms with Gasteiger partial charge in [-0.25, -0.2) is 4.68 Å². The molecular formula is C9H9IN4. The summed E-state index contributed by atoms with van der Waals surface area (Å²) in [5.41, 5.74) is 7.59. The summed E-state index contributed by atoms with van der Waals surface area (Å²) in [5, 5.41) is 7.77. The summed E-state index contributed by atoms with van der Waals surface area (Å²) >= 11 is 2.20. The van der Waals surface area contributed by atoms with Gasteiger partial charge in [0.05, 0.1) is 12.7 Å². The third-order valence-corrected chi connectivity index (χ3v) is 2.69. The van der Waals surface area contributed by atoms with Gasteiger partial charge in [0, 0.05) is 5.69 Å². The van der Waals surface area contributed by atoms with Crippen LogP contribution < -0.4 is 5.73 Å². The molecule has 0 atom stereocenters. The summed E-state index contributed by atoms with van der Waals surface area (Å²) in [4.78, 5) is 0. The summed E-state index contributed by atoms with van der Waals surface area (Å²) in [5.74, 6) is 0. The Labute approximate surface area is 95.3 Å². The molecule has 0 amide bonds. The number of rotatable bonds is 2. The van der Waals surface area contributed by atoms with Crippen LogP contribution in [0, 0.1) is 3.70 Å². The second-order valence-corrected chi connectivity index (χ2v) is 4.06. The average molecular weight is 300 g/mol. The number of nitrogens with two attached hydrogens (primary N) is 1. The first-order chi connectivity index (χ1) is 6.75. The van der Waals surface area contributed by atoms with E-state index in [1.54, 1.807) is 6.20 Å². The molecule has 0 radical (unpaired) electrons. The minimum atomic E-state index is 0.712. The Morgan fingerprint density at radius 3 is 2.93 bits per heavy atom. The van der Waals surface area contributed by atoms with Crippen LogP contribution in [-0.2, 0) is 6.54 Å². The highest BCUT2D eigenvalue weighted by atomic mass is 127. The number of benzene rings is 1. The Morgan fingerprint density at radius 1 is 1.43 bits per heavy atom. The largest absolute Gasteiger partial charge is 0.399 e. The van der Waals surface area contributed by atoms with Gasteiger partial charge in [-0.3, -0.25) is 0 Å². The summed E-state index contributed by atoms with van der Waals surface area (Å²) < 4.78 is 2.85. The van der Waals surface area contributed by atoms with Crippen molar-refractivity contribution >= 4 is 28.3 Å². The van der Waals surface area contributed by atoms with Crippen LogP contribution in [0.25, 0.3) is 0 Å². The lowest BCUT2D eigenvalue weighted by atomic mass is 10.2. The fourth-order valence-electron chi connectivity index (χ4n) is 1.22. The van der Waals surface area contributed by atoms with E-state index in [4.69, 9.17) is 5.73 Å². The third-order valence-electron chi connectivity index (χ3n) is 1.85. The predicted molar refractivity (Wildman–Crippen MR) is 62.7 cm³/mol. The molecule has 0 aliphatic rings. The highest BCUT2D eigenvalue weighted by Crippen LogP contribution is 2.09. The minimum absolute atomic E-state index is 0.712. The minimum Gasteiger partial charge on any atom is -0.399 e. The van der Waals surface area contributed by atoms with Gasteiger partial charge < -0.3 is 5.73 Å². The lowest BCUT2D eigenvalue weighted by molar-refractivity contribution is 0.637.